The van der Waals surface area contributed by atoms with E-state index in [9.17, 15) is 8.42 Å². The summed E-state index contributed by atoms with van der Waals surface area (Å²) in [5.41, 5.74) is 2.14. The number of tetrazole rings is 1. The summed E-state index contributed by atoms with van der Waals surface area (Å²) < 4.78 is 29.2. The third-order valence-electron chi connectivity index (χ3n) is 3.74. The molecule has 0 aliphatic heterocycles. The van der Waals surface area contributed by atoms with Crippen molar-refractivity contribution in [1.82, 2.24) is 20.2 Å². The molecule has 3 aromatic rings. The van der Waals surface area contributed by atoms with Crippen LogP contribution in [0.1, 0.15) is 26.3 Å². The van der Waals surface area contributed by atoms with Crippen LogP contribution >= 0.6 is 0 Å². The summed E-state index contributed by atoms with van der Waals surface area (Å²) in [6, 6.07) is 13.8. The topological polar surface area (TPSA) is 89.8 Å². The zero-order chi connectivity index (χ0) is 18.1. The van der Waals surface area contributed by atoms with E-state index in [0.717, 1.165) is 5.56 Å². The van der Waals surface area contributed by atoms with Gasteiger partial charge in [-0.05, 0) is 51.7 Å². The maximum atomic E-state index is 12.6. The molecule has 130 valence electrons. The minimum atomic E-state index is -3.67. The lowest BCUT2D eigenvalue weighted by Gasteiger charge is -2.19. The van der Waals surface area contributed by atoms with Gasteiger partial charge in [0.1, 0.15) is 6.33 Å². The van der Waals surface area contributed by atoms with Crippen LogP contribution in [0.15, 0.2) is 59.8 Å². The second kappa shape index (κ2) is 6.29. The van der Waals surface area contributed by atoms with Gasteiger partial charge >= 0.3 is 0 Å². The molecule has 0 saturated heterocycles. The number of aromatic nitrogens is 4. The molecule has 1 N–H and O–H groups in total. The molecule has 0 atom stereocenters. The van der Waals surface area contributed by atoms with Crippen LogP contribution in [0.2, 0.25) is 0 Å². The number of nitrogens with one attached hydrogen (secondary N) is 1. The highest BCUT2D eigenvalue weighted by atomic mass is 32.2. The molecule has 3 rings (SSSR count). The van der Waals surface area contributed by atoms with Crippen molar-refractivity contribution >= 4 is 15.7 Å². The summed E-state index contributed by atoms with van der Waals surface area (Å²) in [5, 5.41) is 10.9. The Labute approximate surface area is 146 Å². The number of nitrogens with zero attached hydrogens (tertiary/aromatic N) is 4. The van der Waals surface area contributed by atoms with Crippen LogP contribution in [0.3, 0.4) is 0 Å². The quantitative estimate of drug-likeness (QED) is 0.775. The number of anilines is 1. The van der Waals surface area contributed by atoms with Crippen LogP contribution in [-0.2, 0) is 15.4 Å². The average Bonchev–Trinajstić information content (AvgIpc) is 3.08. The van der Waals surface area contributed by atoms with Crippen LogP contribution in [0.4, 0.5) is 5.69 Å². The Morgan fingerprint density at radius 1 is 1.04 bits per heavy atom. The number of benzene rings is 2. The van der Waals surface area contributed by atoms with E-state index in [1.807, 2.05) is 12.1 Å². The zero-order valence-electron chi connectivity index (χ0n) is 14.2. The van der Waals surface area contributed by atoms with Crippen molar-refractivity contribution in [3.8, 4) is 5.69 Å². The van der Waals surface area contributed by atoms with E-state index in [0.29, 0.717) is 11.4 Å². The fraction of sp³-hybridized carbons (Fsp3) is 0.235. The molecule has 0 radical (unpaired) electrons. The molecule has 7 nitrogen and oxygen atoms in total. The fourth-order valence-electron chi connectivity index (χ4n) is 2.34. The van der Waals surface area contributed by atoms with Gasteiger partial charge in [0.15, 0.2) is 0 Å². The Kier molecular flexibility index (Phi) is 4.30. The molecule has 1 aromatic heterocycles. The van der Waals surface area contributed by atoms with Crippen LogP contribution in [0, 0.1) is 0 Å². The lowest BCUT2D eigenvalue weighted by atomic mass is 9.87. The number of sulfonamides is 1. The van der Waals surface area contributed by atoms with E-state index in [-0.39, 0.29) is 10.3 Å². The largest absolute Gasteiger partial charge is 0.280 e. The first-order chi connectivity index (χ1) is 11.8. The highest BCUT2D eigenvalue weighted by Crippen LogP contribution is 2.24. The maximum Gasteiger partial charge on any atom is 0.261 e. The van der Waals surface area contributed by atoms with E-state index in [1.54, 1.807) is 36.4 Å². The molecule has 8 heteroatoms. The molecular formula is C17H19N5O2S. The first-order valence-corrected chi connectivity index (χ1v) is 9.21. The lowest BCUT2D eigenvalue weighted by molar-refractivity contribution is 0.587. The third-order valence-corrected chi connectivity index (χ3v) is 5.14. The van der Waals surface area contributed by atoms with E-state index < -0.39 is 10.0 Å². The predicted octanol–water partition coefficient (Wildman–Crippen LogP) is 2.76. The van der Waals surface area contributed by atoms with Gasteiger partial charge in [-0.1, -0.05) is 39.0 Å². The summed E-state index contributed by atoms with van der Waals surface area (Å²) in [6.07, 6.45) is 1.44. The van der Waals surface area contributed by atoms with Gasteiger partial charge in [-0.15, -0.1) is 5.10 Å². The highest BCUT2D eigenvalue weighted by molar-refractivity contribution is 7.92. The first-order valence-electron chi connectivity index (χ1n) is 7.72. The Bertz CT molecular complexity index is 959. The molecule has 0 aliphatic rings. The molecule has 0 unspecified atom stereocenters. The van der Waals surface area contributed by atoms with Crippen molar-refractivity contribution in [3.05, 3.63) is 60.4 Å². The normalized spacial score (nSPS) is 12.1. The van der Waals surface area contributed by atoms with Crippen molar-refractivity contribution in [2.24, 2.45) is 0 Å². The van der Waals surface area contributed by atoms with E-state index in [1.165, 1.54) is 11.0 Å². The molecule has 0 saturated carbocycles. The average molecular weight is 357 g/mol. The molecular weight excluding hydrogens is 338 g/mol. The second-order valence-electron chi connectivity index (χ2n) is 6.68. The highest BCUT2D eigenvalue weighted by Gasteiger charge is 2.18. The fourth-order valence-corrected chi connectivity index (χ4v) is 3.39. The summed E-state index contributed by atoms with van der Waals surface area (Å²) in [7, 11) is -3.67. The van der Waals surface area contributed by atoms with Crippen LogP contribution < -0.4 is 4.72 Å². The van der Waals surface area contributed by atoms with Crippen molar-refractivity contribution in [1.29, 1.82) is 0 Å². The Morgan fingerprint density at radius 2 is 1.76 bits per heavy atom. The maximum absolute atomic E-state index is 12.6. The van der Waals surface area contributed by atoms with Gasteiger partial charge in [0.2, 0.25) is 0 Å². The van der Waals surface area contributed by atoms with Crippen molar-refractivity contribution in [2.45, 2.75) is 31.1 Å². The monoisotopic (exact) mass is 357 g/mol. The third kappa shape index (κ3) is 3.85. The van der Waals surface area contributed by atoms with E-state index in [4.69, 9.17) is 0 Å². The van der Waals surface area contributed by atoms with Gasteiger partial charge < -0.3 is 0 Å². The van der Waals surface area contributed by atoms with Gasteiger partial charge in [0, 0.05) is 0 Å². The summed E-state index contributed by atoms with van der Waals surface area (Å²) >= 11 is 0. The van der Waals surface area contributed by atoms with Crippen molar-refractivity contribution < 1.29 is 8.42 Å². The minimum Gasteiger partial charge on any atom is -0.280 e. The number of hydrogen-bond donors (Lipinski definition) is 1. The summed E-state index contributed by atoms with van der Waals surface area (Å²) in [6.45, 7) is 6.25. The van der Waals surface area contributed by atoms with Crippen LogP contribution in [0.5, 0.6) is 0 Å². The minimum absolute atomic E-state index is 0.0319. The van der Waals surface area contributed by atoms with Gasteiger partial charge in [0.05, 0.1) is 16.3 Å². The summed E-state index contributed by atoms with van der Waals surface area (Å²) in [4.78, 5) is 0.216. The van der Waals surface area contributed by atoms with Crippen molar-refractivity contribution in [2.75, 3.05) is 4.72 Å². The van der Waals surface area contributed by atoms with Crippen molar-refractivity contribution in [3.63, 3.8) is 0 Å². The molecule has 2 aromatic carbocycles. The number of hydrogen-bond acceptors (Lipinski definition) is 5. The molecule has 1 heterocycles. The Balaban J connectivity index is 1.86. The molecule has 0 fully saturated rings. The smallest absolute Gasteiger partial charge is 0.261 e. The van der Waals surface area contributed by atoms with Gasteiger partial charge in [-0.25, -0.2) is 13.1 Å². The molecule has 0 aliphatic carbocycles. The standard InChI is InChI=1S/C17H19N5O2S/c1-17(2,3)13-7-9-16(10-8-13)25(23,24)19-14-5-4-6-15(11-14)22-12-18-20-21-22/h4-12,19H,1-3H3. The second-order valence-corrected chi connectivity index (χ2v) is 8.37. The lowest BCUT2D eigenvalue weighted by Crippen LogP contribution is -2.15. The predicted molar refractivity (Wildman–Crippen MR) is 95.1 cm³/mol. The molecule has 0 amide bonds. The molecule has 25 heavy (non-hydrogen) atoms. The van der Waals surface area contributed by atoms with Gasteiger partial charge in [-0.2, -0.15) is 0 Å². The Morgan fingerprint density at radius 3 is 2.36 bits per heavy atom. The molecule has 0 bridgehead atoms. The summed E-state index contributed by atoms with van der Waals surface area (Å²) in [5.74, 6) is 0. The van der Waals surface area contributed by atoms with Crippen LogP contribution in [-0.4, -0.2) is 28.6 Å². The van der Waals surface area contributed by atoms with Gasteiger partial charge in [0.25, 0.3) is 10.0 Å². The first kappa shape index (κ1) is 17.1. The van der Waals surface area contributed by atoms with Crippen LogP contribution in [0.25, 0.3) is 5.69 Å². The van der Waals surface area contributed by atoms with Gasteiger partial charge in [-0.3, -0.25) is 4.72 Å². The molecule has 0 spiro atoms. The Hall–Kier alpha value is -2.74. The SMILES string of the molecule is CC(C)(C)c1ccc(S(=O)(=O)Nc2cccc(-n3cnnn3)c2)cc1. The zero-order valence-corrected chi connectivity index (χ0v) is 15.0. The van der Waals surface area contributed by atoms with E-state index >= 15 is 0 Å². The number of rotatable bonds is 4. The van der Waals surface area contributed by atoms with E-state index in [2.05, 4.69) is 41.0 Å².